The Kier molecular flexibility index (Phi) is 9.21. The third-order valence-electron chi connectivity index (χ3n) is 3.11. The van der Waals surface area contributed by atoms with Crippen molar-refractivity contribution < 1.29 is 9.53 Å². The Bertz CT molecular complexity index is 494. The summed E-state index contributed by atoms with van der Waals surface area (Å²) in [5.74, 6) is 0.243. The van der Waals surface area contributed by atoms with Gasteiger partial charge >= 0.3 is 5.97 Å². The molecule has 0 aliphatic carbocycles. The third kappa shape index (κ3) is 7.93. The SMILES string of the molecule is CCNC(=NCC(C)C(=O)OC)NCC(C)Sc1ccccc1. The molecular formula is C17H27N3O2S. The number of carbonyl (C=O) groups excluding carboxylic acids is 1. The number of nitrogens with zero attached hydrogens (tertiary/aromatic N) is 1. The average Bonchev–Trinajstić information content (AvgIpc) is 2.57. The first-order chi connectivity index (χ1) is 11.1. The summed E-state index contributed by atoms with van der Waals surface area (Å²) in [6.07, 6.45) is 0. The predicted molar refractivity (Wildman–Crippen MR) is 96.9 cm³/mol. The number of hydrogen-bond donors (Lipinski definition) is 2. The number of rotatable bonds is 8. The van der Waals surface area contributed by atoms with Gasteiger partial charge in [-0.1, -0.05) is 32.0 Å². The Morgan fingerprint density at radius 3 is 2.57 bits per heavy atom. The van der Waals surface area contributed by atoms with E-state index in [-0.39, 0.29) is 11.9 Å². The number of ether oxygens (including phenoxy) is 1. The molecule has 0 aliphatic rings. The Labute approximate surface area is 143 Å². The number of hydrogen-bond acceptors (Lipinski definition) is 4. The van der Waals surface area contributed by atoms with E-state index in [1.54, 1.807) is 0 Å². The number of thioether (sulfide) groups is 1. The topological polar surface area (TPSA) is 62.7 Å². The largest absolute Gasteiger partial charge is 0.469 e. The smallest absolute Gasteiger partial charge is 0.310 e. The molecule has 128 valence electrons. The molecule has 1 aromatic rings. The van der Waals surface area contributed by atoms with Crippen molar-refractivity contribution in [3.8, 4) is 0 Å². The molecule has 0 radical (unpaired) electrons. The molecule has 0 fully saturated rings. The van der Waals surface area contributed by atoms with Crippen LogP contribution in [0.3, 0.4) is 0 Å². The summed E-state index contributed by atoms with van der Waals surface area (Å²) in [4.78, 5) is 17.1. The summed E-state index contributed by atoms with van der Waals surface area (Å²) < 4.78 is 4.72. The Balaban J connectivity index is 2.47. The minimum Gasteiger partial charge on any atom is -0.469 e. The number of nitrogens with one attached hydrogen (secondary N) is 2. The Morgan fingerprint density at radius 1 is 1.26 bits per heavy atom. The second-order valence-corrected chi connectivity index (χ2v) is 6.78. The molecule has 0 amide bonds. The quantitative estimate of drug-likeness (QED) is 0.330. The molecule has 0 spiro atoms. The van der Waals surface area contributed by atoms with E-state index in [1.807, 2.05) is 43.8 Å². The van der Waals surface area contributed by atoms with Crippen LogP contribution in [-0.2, 0) is 9.53 Å². The van der Waals surface area contributed by atoms with Crippen LogP contribution in [0, 0.1) is 5.92 Å². The predicted octanol–water partition coefficient (Wildman–Crippen LogP) is 2.53. The van der Waals surface area contributed by atoms with Crippen LogP contribution >= 0.6 is 11.8 Å². The highest BCUT2D eigenvalue weighted by atomic mass is 32.2. The molecule has 0 saturated heterocycles. The zero-order chi connectivity index (χ0) is 17.1. The van der Waals surface area contributed by atoms with Crippen molar-refractivity contribution in [2.75, 3.05) is 26.7 Å². The number of esters is 1. The molecule has 2 N–H and O–H groups in total. The van der Waals surface area contributed by atoms with E-state index in [2.05, 4.69) is 34.7 Å². The molecule has 1 aromatic carbocycles. The molecule has 2 atom stereocenters. The van der Waals surface area contributed by atoms with Gasteiger partial charge in [0.2, 0.25) is 0 Å². The standard InChI is InChI=1S/C17H27N3O2S/c1-5-18-17(19-11-13(2)16(21)22-4)20-12-14(3)23-15-9-7-6-8-10-15/h6-10,13-14H,5,11-12H2,1-4H3,(H2,18,19,20). The van der Waals surface area contributed by atoms with Crippen LogP contribution in [-0.4, -0.2) is 43.9 Å². The molecule has 2 unspecified atom stereocenters. The fourth-order valence-corrected chi connectivity index (χ4v) is 2.80. The summed E-state index contributed by atoms with van der Waals surface area (Å²) in [5, 5.41) is 6.91. The number of methoxy groups -OCH3 is 1. The molecule has 0 heterocycles. The highest BCUT2D eigenvalue weighted by Gasteiger charge is 2.13. The number of carbonyl (C=O) groups is 1. The van der Waals surface area contributed by atoms with Crippen LogP contribution in [0.4, 0.5) is 0 Å². The summed E-state index contributed by atoms with van der Waals surface area (Å²) in [7, 11) is 1.40. The molecular weight excluding hydrogens is 310 g/mol. The van der Waals surface area contributed by atoms with Crippen LogP contribution in [0.5, 0.6) is 0 Å². The summed E-state index contributed by atoms with van der Waals surface area (Å²) in [6, 6.07) is 10.3. The third-order valence-corrected chi connectivity index (χ3v) is 4.22. The molecule has 1 rings (SSSR count). The van der Waals surface area contributed by atoms with E-state index in [0.29, 0.717) is 11.8 Å². The molecule has 6 heteroatoms. The minimum absolute atomic E-state index is 0.238. The van der Waals surface area contributed by atoms with Gasteiger partial charge in [-0.3, -0.25) is 9.79 Å². The van der Waals surface area contributed by atoms with E-state index in [1.165, 1.54) is 12.0 Å². The number of aliphatic imine (C=N–C) groups is 1. The lowest BCUT2D eigenvalue weighted by Crippen LogP contribution is -2.40. The van der Waals surface area contributed by atoms with Crippen LogP contribution < -0.4 is 10.6 Å². The van der Waals surface area contributed by atoms with Gasteiger partial charge in [0.15, 0.2) is 5.96 Å². The van der Waals surface area contributed by atoms with Crippen molar-refractivity contribution in [2.24, 2.45) is 10.9 Å². The molecule has 0 bridgehead atoms. The van der Waals surface area contributed by atoms with Crippen molar-refractivity contribution in [1.82, 2.24) is 10.6 Å². The van der Waals surface area contributed by atoms with Crippen LogP contribution in [0.2, 0.25) is 0 Å². The van der Waals surface area contributed by atoms with Crippen molar-refractivity contribution in [3.63, 3.8) is 0 Å². The Hall–Kier alpha value is -1.69. The maximum atomic E-state index is 11.4. The molecule has 0 saturated carbocycles. The maximum Gasteiger partial charge on any atom is 0.310 e. The fourth-order valence-electron chi connectivity index (χ4n) is 1.86. The molecule has 5 nitrogen and oxygen atoms in total. The molecule has 0 aliphatic heterocycles. The van der Waals surface area contributed by atoms with Gasteiger partial charge in [0.1, 0.15) is 0 Å². The van der Waals surface area contributed by atoms with E-state index in [4.69, 9.17) is 4.74 Å². The summed E-state index contributed by atoms with van der Waals surface area (Å²) in [5.41, 5.74) is 0. The lowest BCUT2D eigenvalue weighted by molar-refractivity contribution is -0.144. The first kappa shape index (κ1) is 19.4. The molecule has 0 aromatic heterocycles. The van der Waals surface area contributed by atoms with Gasteiger partial charge in [0.25, 0.3) is 0 Å². The zero-order valence-electron chi connectivity index (χ0n) is 14.3. The van der Waals surface area contributed by atoms with Crippen molar-refractivity contribution in [3.05, 3.63) is 30.3 Å². The van der Waals surface area contributed by atoms with Gasteiger partial charge < -0.3 is 15.4 Å². The van der Waals surface area contributed by atoms with E-state index in [0.717, 1.165) is 19.0 Å². The first-order valence-corrected chi connectivity index (χ1v) is 8.76. The van der Waals surface area contributed by atoms with Crippen molar-refractivity contribution >= 4 is 23.7 Å². The van der Waals surface area contributed by atoms with E-state index < -0.39 is 0 Å². The number of benzene rings is 1. The van der Waals surface area contributed by atoms with Crippen LogP contribution in [0.15, 0.2) is 40.2 Å². The highest BCUT2D eigenvalue weighted by molar-refractivity contribution is 8.00. The lowest BCUT2D eigenvalue weighted by Gasteiger charge is -2.16. The normalized spacial score (nSPS) is 14.0. The minimum atomic E-state index is -0.244. The van der Waals surface area contributed by atoms with Gasteiger partial charge in [-0.25, -0.2) is 0 Å². The van der Waals surface area contributed by atoms with Gasteiger partial charge in [-0.15, -0.1) is 11.8 Å². The van der Waals surface area contributed by atoms with Gasteiger partial charge in [0, 0.05) is 23.2 Å². The lowest BCUT2D eigenvalue weighted by atomic mass is 10.2. The molecule has 23 heavy (non-hydrogen) atoms. The fraction of sp³-hybridized carbons (Fsp3) is 0.529. The van der Waals surface area contributed by atoms with Gasteiger partial charge in [-0.2, -0.15) is 0 Å². The van der Waals surface area contributed by atoms with E-state index in [9.17, 15) is 4.79 Å². The maximum absolute atomic E-state index is 11.4. The van der Waals surface area contributed by atoms with Crippen molar-refractivity contribution in [1.29, 1.82) is 0 Å². The second-order valence-electron chi connectivity index (χ2n) is 5.27. The Morgan fingerprint density at radius 2 is 1.96 bits per heavy atom. The first-order valence-electron chi connectivity index (χ1n) is 7.88. The van der Waals surface area contributed by atoms with E-state index >= 15 is 0 Å². The van der Waals surface area contributed by atoms with Crippen molar-refractivity contribution in [2.45, 2.75) is 30.9 Å². The van der Waals surface area contributed by atoms with Gasteiger partial charge in [0.05, 0.1) is 19.6 Å². The monoisotopic (exact) mass is 337 g/mol. The summed E-state index contributed by atoms with van der Waals surface area (Å²) >= 11 is 1.82. The summed E-state index contributed by atoms with van der Waals surface area (Å²) in [6.45, 7) is 7.97. The average molecular weight is 337 g/mol. The van der Waals surface area contributed by atoms with Crippen LogP contribution in [0.25, 0.3) is 0 Å². The van der Waals surface area contributed by atoms with Crippen LogP contribution in [0.1, 0.15) is 20.8 Å². The second kappa shape index (κ2) is 10.9. The highest BCUT2D eigenvalue weighted by Crippen LogP contribution is 2.21. The number of guanidine groups is 1. The zero-order valence-corrected chi connectivity index (χ0v) is 15.2. The van der Waals surface area contributed by atoms with Gasteiger partial charge in [-0.05, 0) is 19.1 Å².